The Labute approximate surface area is 105 Å². The number of likely N-dealkylation sites (tertiary alicyclic amines) is 1. The number of esters is 1. The second-order valence-corrected chi connectivity index (χ2v) is 4.85. The van der Waals surface area contributed by atoms with Crippen LogP contribution in [0.2, 0.25) is 0 Å². The quantitative estimate of drug-likeness (QED) is 0.740. The van der Waals surface area contributed by atoms with Crippen LogP contribution in [0.1, 0.15) is 39.5 Å². The standard InChI is InChI=1S/C13H26N2O2/c1-4-14-13(11-12(16)17-3)7-6-9-15(5-2)10-8-13/h14H,4-11H2,1-3H3. The van der Waals surface area contributed by atoms with Crippen molar-refractivity contribution in [2.75, 3.05) is 33.3 Å². The molecule has 4 heteroatoms. The molecule has 1 atom stereocenters. The summed E-state index contributed by atoms with van der Waals surface area (Å²) < 4.78 is 4.83. The summed E-state index contributed by atoms with van der Waals surface area (Å²) in [5, 5.41) is 3.52. The van der Waals surface area contributed by atoms with Crippen LogP contribution in [0.15, 0.2) is 0 Å². The lowest BCUT2D eigenvalue weighted by Gasteiger charge is -2.32. The molecule has 1 heterocycles. The zero-order valence-corrected chi connectivity index (χ0v) is 11.4. The van der Waals surface area contributed by atoms with Gasteiger partial charge in [0.15, 0.2) is 0 Å². The van der Waals surface area contributed by atoms with Crippen LogP contribution in [-0.4, -0.2) is 49.7 Å². The van der Waals surface area contributed by atoms with Gasteiger partial charge in [-0.15, -0.1) is 0 Å². The largest absolute Gasteiger partial charge is 0.469 e. The van der Waals surface area contributed by atoms with Gasteiger partial charge >= 0.3 is 5.97 Å². The molecule has 0 aromatic heterocycles. The maximum atomic E-state index is 11.5. The van der Waals surface area contributed by atoms with Gasteiger partial charge in [0, 0.05) is 5.54 Å². The molecule has 0 radical (unpaired) electrons. The molecule has 1 rings (SSSR count). The minimum absolute atomic E-state index is 0.0498. The molecule has 0 bridgehead atoms. The van der Waals surface area contributed by atoms with Gasteiger partial charge in [0.1, 0.15) is 0 Å². The highest BCUT2D eigenvalue weighted by atomic mass is 16.5. The van der Waals surface area contributed by atoms with Crippen LogP contribution in [0, 0.1) is 0 Å². The first-order valence-corrected chi connectivity index (χ1v) is 6.70. The topological polar surface area (TPSA) is 41.6 Å². The van der Waals surface area contributed by atoms with Crippen molar-refractivity contribution in [3.8, 4) is 0 Å². The highest BCUT2D eigenvalue weighted by Gasteiger charge is 2.34. The van der Waals surface area contributed by atoms with Crippen molar-refractivity contribution in [3.63, 3.8) is 0 Å². The summed E-state index contributed by atoms with van der Waals surface area (Å²) in [6.45, 7) is 8.51. The van der Waals surface area contributed by atoms with Crippen molar-refractivity contribution in [3.05, 3.63) is 0 Å². The van der Waals surface area contributed by atoms with E-state index in [0.717, 1.165) is 45.4 Å². The van der Waals surface area contributed by atoms with Crippen LogP contribution in [0.3, 0.4) is 0 Å². The Bertz CT molecular complexity index is 246. The Morgan fingerprint density at radius 2 is 2.12 bits per heavy atom. The third-order valence-electron chi connectivity index (χ3n) is 3.75. The normalized spacial score (nSPS) is 26.5. The van der Waals surface area contributed by atoms with Crippen LogP contribution < -0.4 is 5.32 Å². The van der Waals surface area contributed by atoms with Gasteiger partial charge in [0.2, 0.25) is 0 Å². The molecule has 1 N–H and O–H groups in total. The van der Waals surface area contributed by atoms with E-state index in [2.05, 4.69) is 24.1 Å². The Kier molecular flexibility index (Phi) is 5.92. The lowest BCUT2D eigenvalue weighted by atomic mass is 9.87. The predicted molar refractivity (Wildman–Crippen MR) is 69.0 cm³/mol. The third kappa shape index (κ3) is 4.28. The van der Waals surface area contributed by atoms with E-state index in [1.807, 2.05) is 0 Å². The first-order valence-electron chi connectivity index (χ1n) is 6.70. The van der Waals surface area contributed by atoms with Crippen molar-refractivity contribution in [1.29, 1.82) is 0 Å². The third-order valence-corrected chi connectivity index (χ3v) is 3.75. The zero-order valence-electron chi connectivity index (χ0n) is 11.4. The van der Waals surface area contributed by atoms with Gasteiger partial charge < -0.3 is 15.0 Å². The molecule has 100 valence electrons. The van der Waals surface area contributed by atoms with Crippen molar-refractivity contribution in [2.24, 2.45) is 0 Å². The molecule has 0 spiro atoms. The van der Waals surface area contributed by atoms with Gasteiger partial charge in [-0.25, -0.2) is 0 Å². The second kappa shape index (κ2) is 6.97. The van der Waals surface area contributed by atoms with Crippen LogP contribution in [-0.2, 0) is 9.53 Å². The zero-order chi connectivity index (χ0) is 12.7. The number of hydrogen-bond donors (Lipinski definition) is 1. The fraction of sp³-hybridized carbons (Fsp3) is 0.923. The van der Waals surface area contributed by atoms with Crippen LogP contribution in [0.5, 0.6) is 0 Å². The SMILES string of the molecule is CCNC1(CC(=O)OC)CCCN(CC)CC1. The van der Waals surface area contributed by atoms with Gasteiger partial charge in [-0.2, -0.15) is 0 Å². The monoisotopic (exact) mass is 242 g/mol. The Hall–Kier alpha value is -0.610. The highest BCUT2D eigenvalue weighted by molar-refractivity contribution is 5.70. The molecule has 0 amide bonds. The number of methoxy groups -OCH3 is 1. The average molecular weight is 242 g/mol. The van der Waals surface area contributed by atoms with E-state index in [9.17, 15) is 4.79 Å². The molecule has 1 fully saturated rings. The van der Waals surface area contributed by atoms with Crippen LogP contribution in [0.4, 0.5) is 0 Å². The fourth-order valence-corrected chi connectivity index (χ4v) is 2.71. The Morgan fingerprint density at radius 1 is 1.35 bits per heavy atom. The molecule has 0 saturated carbocycles. The van der Waals surface area contributed by atoms with Gasteiger partial charge in [-0.05, 0) is 45.4 Å². The smallest absolute Gasteiger partial charge is 0.307 e. The van der Waals surface area contributed by atoms with Gasteiger partial charge in [-0.1, -0.05) is 13.8 Å². The number of hydrogen-bond acceptors (Lipinski definition) is 4. The maximum absolute atomic E-state index is 11.5. The molecule has 1 unspecified atom stereocenters. The van der Waals surface area contributed by atoms with Gasteiger partial charge in [0.25, 0.3) is 0 Å². The summed E-state index contributed by atoms with van der Waals surface area (Å²) in [5.41, 5.74) is -0.0498. The maximum Gasteiger partial charge on any atom is 0.307 e. The van der Waals surface area contributed by atoms with E-state index in [-0.39, 0.29) is 11.5 Å². The highest BCUT2D eigenvalue weighted by Crippen LogP contribution is 2.26. The van der Waals surface area contributed by atoms with Crippen LogP contribution in [0.25, 0.3) is 0 Å². The first-order chi connectivity index (χ1) is 8.15. The number of carbonyl (C=O) groups is 1. The molecule has 1 aliphatic rings. The van der Waals surface area contributed by atoms with Gasteiger partial charge in [-0.3, -0.25) is 4.79 Å². The van der Waals surface area contributed by atoms with E-state index in [1.165, 1.54) is 7.11 Å². The first kappa shape index (κ1) is 14.5. The number of nitrogens with zero attached hydrogens (tertiary/aromatic N) is 1. The predicted octanol–water partition coefficient (Wildman–Crippen LogP) is 1.40. The summed E-state index contributed by atoms with van der Waals surface area (Å²) in [4.78, 5) is 14.0. The lowest BCUT2D eigenvalue weighted by Crippen LogP contribution is -2.47. The molecule has 1 aliphatic heterocycles. The molecule has 0 aromatic rings. The van der Waals surface area contributed by atoms with Crippen molar-refractivity contribution < 1.29 is 9.53 Å². The van der Waals surface area contributed by atoms with Crippen molar-refractivity contribution >= 4 is 5.97 Å². The second-order valence-electron chi connectivity index (χ2n) is 4.85. The van der Waals surface area contributed by atoms with E-state index in [1.54, 1.807) is 0 Å². The summed E-state index contributed by atoms with van der Waals surface area (Å²) in [6.07, 6.45) is 3.74. The molecular formula is C13H26N2O2. The minimum Gasteiger partial charge on any atom is -0.469 e. The summed E-state index contributed by atoms with van der Waals surface area (Å²) in [6, 6.07) is 0. The Balaban J connectivity index is 2.66. The molecular weight excluding hydrogens is 216 g/mol. The van der Waals surface area contributed by atoms with E-state index >= 15 is 0 Å². The summed E-state index contributed by atoms with van der Waals surface area (Å²) in [5.74, 6) is -0.101. The van der Waals surface area contributed by atoms with E-state index in [4.69, 9.17) is 4.74 Å². The van der Waals surface area contributed by atoms with Gasteiger partial charge in [0.05, 0.1) is 13.5 Å². The summed E-state index contributed by atoms with van der Waals surface area (Å²) in [7, 11) is 1.47. The molecule has 4 nitrogen and oxygen atoms in total. The number of nitrogens with one attached hydrogen (secondary N) is 1. The van der Waals surface area contributed by atoms with E-state index < -0.39 is 0 Å². The number of carbonyl (C=O) groups excluding carboxylic acids is 1. The molecule has 0 aliphatic carbocycles. The summed E-state index contributed by atoms with van der Waals surface area (Å²) >= 11 is 0. The van der Waals surface area contributed by atoms with E-state index in [0.29, 0.717) is 6.42 Å². The van der Waals surface area contributed by atoms with Crippen LogP contribution >= 0.6 is 0 Å². The minimum atomic E-state index is -0.101. The van der Waals surface area contributed by atoms with Crippen molar-refractivity contribution in [2.45, 2.75) is 45.1 Å². The fourth-order valence-electron chi connectivity index (χ4n) is 2.71. The van der Waals surface area contributed by atoms with Crippen molar-refractivity contribution in [1.82, 2.24) is 10.2 Å². The molecule has 1 saturated heterocycles. The average Bonchev–Trinajstić information content (AvgIpc) is 2.52. The Morgan fingerprint density at radius 3 is 2.71 bits per heavy atom. The molecule has 17 heavy (non-hydrogen) atoms. The lowest BCUT2D eigenvalue weighted by molar-refractivity contribution is -0.142. The number of ether oxygens (including phenoxy) is 1. The molecule has 0 aromatic carbocycles. The number of rotatable bonds is 5.